The topological polar surface area (TPSA) is 92.7 Å². The molecule has 6 nitrogen and oxygen atoms in total. The van der Waals surface area contributed by atoms with Crippen molar-refractivity contribution in [2.45, 2.75) is 29.8 Å². The molecular formula is C11H15NO5S2. The summed E-state index contributed by atoms with van der Waals surface area (Å²) in [6.45, 7) is 0.212. The fourth-order valence-corrected chi connectivity index (χ4v) is 4.13. The number of thiophene rings is 1. The Balaban J connectivity index is 2.07. The van der Waals surface area contributed by atoms with Crippen LogP contribution in [0.15, 0.2) is 16.3 Å². The quantitative estimate of drug-likeness (QED) is 0.826. The largest absolute Gasteiger partial charge is 0.477 e. The average Bonchev–Trinajstić information content (AvgIpc) is 2.78. The zero-order chi connectivity index (χ0) is 14.1. The van der Waals surface area contributed by atoms with Crippen LogP contribution >= 0.6 is 11.3 Å². The molecule has 1 aliphatic carbocycles. The van der Waals surface area contributed by atoms with Crippen LogP contribution in [0.25, 0.3) is 0 Å². The Morgan fingerprint density at radius 3 is 2.68 bits per heavy atom. The number of rotatable bonds is 6. The first-order valence-electron chi connectivity index (χ1n) is 5.75. The van der Waals surface area contributed by atoms with Gasteiger partial charge in [0.1, 0.15) is 4.88 Å². The lowest BCUT2D eigenvalue weighted by atomic mass is 9.80. The molecule has 1 aliphatic rings. The summed E-state index contributed by atoms with van der Waals surface area (Å²) in [4.78, 5) is 10.7. The Labute approximate surface area is 115 Å². The molecule has 0 unspecified atom stereocenters. The molecule has 106 valence electrons. The molecule has 8 heteroatoms. The Kier molecular flexibility index (Phi) is 3.95. The third-order valence-corrected chi connectivity index (χ3v) is 5.83. The Bertz CT molecular complexity index is 568. The molecule has 1 fully saturated rings. The van der Waals surface area contributed by atoms with Crippen LogP contribution in [0, 0.1) is 0 Å². The standard InChI is InChI=1S/C11H15NO5S2/c1-17-11(3-2-4-11)7-12-19(15,16)8-5-9(10(13)14)18-6-8/h5-6,12H,2-4,7H2,1H3,(H,13,14). The second kappa shape index (κ2) is 5.20. The third kappa shape index (κ3) is 2.97. The molecule has 0 aromatic carbocycles. The molecule has 1 heterocycles. The van der Waals surface area contributed by atoms with E-state index in [1.165, 1.54) is 5.38 Å². The Hall–Kier alpha value is -0.960. The summed E-state index contributed by atoms with van der Waals surface area (Å²) in [6, 6.07) is 1.16. The van der Waals surface area contributed by atoms with Crippen molar-refractivity contribution in [2.24, 2.45) is 0 Å². The zero-order valence-electron chi connectivity index (χ0n) is 10.4. The van der Waals surface area contributed by atoms with E-state index in [0.717, 1.165) is 36.7 Å². The predicted octanol–water partition coefficient (Wildman–Crippen LogP) is 1.29. The fraction of sp³-hybridized carbons (Fsp3) is 0.545. The van der Waals surface area contributed by atoms with Crippen molar-refractivity contribution in [3.05, 3.63) is 16.3 Å². The van der Waals surface area contributed by atoms with E-state index in [0.29, 0.717) is 0 Å². The number of carboxylic acid groups (broad SMARTS) is 1. The number of nitrogens with one attached hydrogen (secondary N) is 1. The van der Waals surface area contributed by atoms with Crippen molar-refractivity contribution in [1.29, 1.82) is 0 Å². The van der Waals surface area contributed by atoms with Gasteiger partial charge in [0.15, 0.2) is 0 Å². The first-order valence-corrected chi connectivity index (χ1v) is 8.11. The van der Waals surface area contributed by atoms with Crippen LogP contribution in [0.2, 0.25) is 0 Å². The molecule has 19 heavy (non-hydrogen) atoms. The van der Waals surface area contributed by atoms with Crippen LogP contribution in [0.1, 0.15) is 28.9 Å². The fourth-order valence-electron chi connectivity index (χ4n) is 1.91. The molecule has 2 N–H and O–H groups in total. The smallest absolute Gasteiger partial charge is 0.345 e. The number of hydrogen-bond donors (Lipinski definition) is 2. The minimum Gasteiger partial charge on any atom is -0.477 e. The first kappa shape index (κ1) is 14.4. The monoisotopic (exact) mass is 305 g/mol. The van der Waals surface area contributed by atoms with Gasteiger partial charge in [-0.1, -0.05) is 0 Å². The molecule has 1 aromatic heterocycles. The lowest BCUT2D eigenvalue weighted by molar-refractivity contribution is -0.0659. The molecule has 0 bridgehead atoms. The second-order valence-electron chi connectivity index (χ2n) is 4.52. The molecule has 0 spiro atoms. The van der Waals surface area contributed by atoms with E-state index in [4.69, 9.17) is 9.84 Å². The SMILES string of the molecule is COC1(CNS(=O)(=O)c2csc(C(=O)O)c2)CCC1. The number of carboxylic acids is 1. The maximum absolute atomic E-state index is 12.0. The third-order valence-electron chi connectivity index (χ3n) is 3.38. The first-order chi connectivity index (χ1) is 8.88. The summed E-state index contributed by atoms with van der Waals surface area (Å²) in [5, 5.41) is 10.1. The van der Waals surface area contributed by atoms with Gasteiger partial charge in [-0.2, -0.15) is 0 Å². The summed E-state index contributed by atoms with van der Waals surface area (Å²) in [5.74, 6) is -1.13. The van der Waals surface area contributed by atoms with Gasteiger partial charge in [0, 0.05) is 19.0 Å². The van der Waals surface area contributed by atoms with Gasteiger partial charge in [-0.05, 0) is 25.3 Å². The molecule has 1 aromatic rings. The van der Waals surface area contributed by atoms with Gasteiger partial charge < -0.3 is 9.84 Å². The van der Waals surface area contributed by atoms with E-state index in [-0.39, 0.29) is 16.3 Å². The van der Waals surface area contributed by atoms with E-state index < -0.39 is 21.6 Å². The van der Waals surface area contributed by atoms with Gasteiger partial charge in [0.25, 0.3) is 0 Å². The van der Waals surface area contributed by atoms with E-state index in [1.54, 1.807) is 7.11 Å². The van der Waals surface area contributed by atoms with Crippen molar-refractivity contribution < 1.29 is 23.1 Å². The highest BCUT2D eigenvalue weighted by molar-refractivity contribution is 7.89. The van der Waals surface area contributed by atoms with Gasteiger partial charge in [0.05, 0.1) is 10.5 Å². The minimum atomic E-state index is -3.68. The highest BCUT2D eigenvalue weighted by atomic mass is 32.2. The van der Waals surface area contributed by atoms with E-state index in [9.17, 15) is 13.2 Å². The molecule has 0 saturated heterocycles. The van der Waals surface area contributed by atoms with Gasteiger partial charge in [-0.25, -0.2) is 17.9 Å². The van der Waals surface area contributed by atoms with Crippen LogP contribution in [0.4, 0.5) is 0 Å². The van der Waals surface area contributed by atoms with Crippen LogP contribution in [-0.2, 0) is 14.8 Å². The number of aromatic carboxylic acids is 1. The van der Waals surface area contributed by atoms with Crippen LogP contribution in [0.3, 0.4) is 0 Å². The molecule has 2 rings (SSSR count). The summed E-state index contributed by atoms with van der Waals surface area (Å²) >= 11 is 0.893. The van der Waals surface area contributed by atoms with Gasteiger partial charge in [-0.3, -0.25) is 0 Å². The lowest BCUT2D eigenvalue weighted by Crippen LogP contribution is -2.49. The van der Waals surface area contributed by atoms with Crippen molar-refractivity contribution >= 4 is 27.3 Å². The van der Waals surface area contributed by atoms with Crippen molar-refractivity contribution in [2.75, 3.05) is 13.7 Å². The normalized spacial score (nSPS) is 17.9. The Morgan fingerprint density at radius 2 is 2.26 bits per heavy atom. The van der Waals surface area contributed by atoms with Gasteiger partial charge >= 0.3 is 5.97 Å². The summed E-state index contributed by atoms with van der Waals surface area (Å²) in [6.07, 6.45) is 2.68. The maximum Gasteiger partial charge on any atom is 0.345 e. The number of hydrogen-bond acceptors (Lipinski definition) is 5. The van der Waals surface area contributed by atoms with Crippen LogP contribution < -0.4 is 4.72 Å². The number of ether oxygens (including phenoxy) is 1. The van der Waals surface area contributed by atoms with Gasteiger partial charge in [-0.15, -0.1) is 11.3 Å². The second-order valence-corrected chi connectivity index (χ2v) is 7.20. The zero-order valence-corrected chi connectivity index (χ0v) is 12.0. The van der Waals surface area contributed by atoms with Crippen molar-refractivity contribution in [1.82, 2.24) is 4.72 Å². The van der Waals surface area contributed by atoms with Crippen LogP contribution in [-0.4, -0.2) is 38.7 Å². The number of carbonyl (C=O) groups is 1. The van der Waals surface area contributed by atoms with Crippen LogP contribution in [0.5, 0.6) is 0 Å². The van der Waals surface area contributed by atoms with Gasteiger partial charge in [0.2, 0.25) is 10.0 Å². The molecular weight excluding hydrogens is 290 g/mol. The maximum atomic E-state index is 12.0. The molecule has 0 aliphatic heterocycles. The number of methoxy groups -OCH3 is 1. The minimum absolute atomic E-state index is 0.00507. The van der Waals surface area contributed by atoms with Crippen molar-refractivity contribution in [3.8, 4) is 0 Å². The summed E-state index contributed by atoms with van der Waals surface area (Å²) in [7, 11) is -2.11. The highest BCUT2D eigenvalue weighted by Gasteiger charge is 2.38. The average molecular weight is 305 g/mol. The number of sulfonamides is 1. The molecule has 0 amide bonds. The molecule has 0 radical (unpaired) electrons. The van der Waals surface area contributed by atoms with E-state index in [2.05, 4.69) is 4.72 Å². The molecule has 0 atom stereocenters. The molecule has 1 saturated carbocycles. The highest BCUT2D eigenvalue weighted by Crippen LogP contribution is 2.34. The van der Waals surface area contributed by atoms with E-state index in [1.807, 2.05) is 0 Å². The van der Waals surface area contributed by atoms with E-state index >= 15 is 0 Å². The Morgan fingerprint density at radius 1 is 1.58 bits per heavy atom. The summed E-state index contributed by atoms with van der Waals surface area (Å²) in [5.41, 5.74) is -0.404. The predicted molar refractivity (Wildman–Crippen MR) is 70.1 cm³/mol. The van der Waals surface area contributed by atoms with Crippen molar-refractivity contribution in [3.63, 3.8) is 0 Å². The summed E-state index contributed by atoms with van der Waals surface area (Å²) < 4.78 is 31.8. The lowest BCUT2D eigenvalue weighted by Gasteiger charge is -2.40.